The molecule has 1 amide bonds. The molecule has 0 spiro atoms. The van der Waals surface area contributed by atoms with E-state index < -0.39 is 10.0 Å². The third kappa shape index (κ3) is 5.27. The SMILES string of the molecule is CN(C)S(=O)(=O)c1cc(NC(=O)C[NH2+]Cc2ccccc2)ccc1Cl. The number of anilines is 1. The highest BCUT2D eigenvalue weighted by Crippen LogP contribution is 2.26. The number of carbonyl (C=O) groups is 1. The van der Waals surface area contributed by atoms with Crippen molar-refractivity contribution in [1.82, 2.24) is 4.31 Å². The van der Waals surface area contributed by atoms with Gasteiger partial charge in [0, 0.05) is 25.3 Å². The van der Waals surface area contributed by atoms with Crippen molar-refractivity contribution in [3.8, 4) is 0 Å². The lowest BCUT2D eigenvalue weighted by Gasteiger charge is -2.14. The van der Waals surface area contributed by atoms with E-state index >= 15 is 0 Å². The molecular formula is C17H21ClN3O3S+. The van der Waals surface area contributed by atoms with Crippen LogP contribution in [0.4, 0.5) is 5.69 Å². The first-order valence-corrected chi connectivity index (χ1v) is 9.50. The Hall–Kier alpha value is -1.93. The van der Waals surface area contributed by atoms with Gasteiger partial charge in [0.25, 0.3) is 5.91 Å². The summed E-state index contributed by atoms with van der Waals surface area (Å²) >= 11 is 5.99. The number of carbonyl (C=O) groups excluding carboxylic acids is 1. The van der Waals surface area contributed by atoms with Gasteiger partial charge in [-0.15, -0.1) is 0 Å². The van der Waals surface area contributed by atoms with Gasteiger partial charge in [0.05, 0.1) is 5.02 Å². The second kappa shape index (κ2) is 8.44. The zero-order valence-corrected chi connectivity index (χ0v) is 15.6. The Bertz CT molecular complexity index is 839. The minimum atomic E-state index is -3.68. The number of nitrogens with one attached hydrogen (secondary N) is 1. The number of hydrogen-bond donors (Lipinski definition) is 2. The predicted molar refractivity (Wildman–Crippen MR) is 97.9 cm³/mol. The fourth-order valence-electron chi connectivity index (χ4n) is 2.17. The molecule has 2 aromatic rings. The Morgan fingerprint density at radius 1 is 1.16 bits per heavy atom. The monoisotopic (exact) mass is 382 g/mol. The number of nitrogens with zero attached hydrogens (tertiary/aromatic N) is 1. The Morgan fingerprint density at radius 2 is 1.84 bits per heavy atom. The standard InChI is InChI=1S/C17H20ClN3O3S/c1-21(2)25(23,24)16-10-14(8-9-15(16)18)20-17(22)12-19-11-13-6-4-3-5-7-13/h3-10,19H,11-12H2,1-2H3,(H,20,22)/p+1. The third-order valence-corrected chi connectivity index (χ3v) is 5.82. The van der Waals surface area contributed by atoms with Gasteiger partial charge in [-0.05, 0) is 18.2 Å². The van der Waals surface area contributed by atoms with Crippen molar-refractivity contribution in [3.05, 3.63) is 59.1 Å². The fourth-order valence-corrected chi connectivity index (χ4v) is 3.57. The zero-order valence-electron chi connectivity index (χ0n) is 14.1. The maximum absolute atomic E-state index is 12.2. The molecule has 0 aromatic heterocycles. The number of hydrogen-bond acceptors (Lipinski definition) is 3. The molecule has 2 aromatic carbocycles. The number of sulfonamides is 1. The van der Waals surface area contributed by atoms with Crippen LogP contribution in [0.15, 0.2) is 53.4 Å². The highest BCUT2D eigenvalue weighted by atomic mass is 35.5. The molecule has 0 saturated heterocycles. The number of halogens is 1. The Kier molecular flexibility index (Phi) is 6.55. The molecule has 0 saturated carbocycles. The number of amides is 1. The molecular weight excluding hydrogens is 362 g/mol. The van der Waals surface area contributed by atoms with E-state index in [1.807, 2.05) is 35.6 Å². The van der Waals surface area contributed by atoms with E-state index in [0.29, 0.717) is 12.2 Å². The lowest BCUT2D eigenvalue weighted by Crippen LogP contribution is -2.84. The lowest BCUT2D eigenvalue weighted by atomic mass is 10.2. The average molecular weight is 383 g/mol. The Morgan fingerprint density at radius 3 is 2.48 bits per heavy atom. The first-order chi connectivity index (χ1) is 11.8. The first kappa shape index (κ1) is 19.4. The molecule has 2 rings (SSSR count). The van der Waals surface area contributed by atoms with Crippen LogP contribution < -0.4 is 10.6 Å². The van der Waals surface area contributed by atoms with E-state index in [4.69, 9.17) is 11.6 Å². The molecule has 8 heteroatoms. The molecule has 0 unspecified atom stereocenters. The van der Waals surface area contributed by atoms with Crippen LogP contribution in [-0.2, 0) is 21.4 Å². The number of nitrogens with two attached hydrogens (primary N) is 1. The normalized spacial score (nSPS) is 11.5. The van der Waals surface area contributed by atoms with Crippen molar-refractivity contribution in [2.24, 2.45) is 0 Å². The van der Waals surface area contributed by atoms with Crippen molar-refractivity contribution in [2.75, 3.05) is 26.0 Å². The van der Waals surface area contributed by atoms with Gasteiger partial charge in [-0.2, -0.15) is 0 Å². The number of rotatable bonds is 7. The van der Waals surface area contributed by atoms with Crippen molar-refractivity contribution in [1.29, 1.82) is 0 Å². The molecule has 0 aliphatic rings. The molecule has 3 N–H and O–H groups in total. The largest absolute Gasteiger partial charge is 0.335 e. The van der Waals surface area contributed by atoms with Crippen LogP contribution in [0.2, 0.25) is 5.02 Å². The molecule has 25 heavy (non-hydrogen) atoms. The third-order valence-electron chi connectivity index (χ3n) is 3.53. The van der Waals surface area contributed by atoms with Crippen LogP contribution >= 0.6 is 11.6 Å². The predicted octanol–water partition coefficient (Wildman–Crippen LogP) is 1.29. The summed E-state index contributed by atoms with van der Waals surface area (Å²) in [7, 11) is -0.824. The first-order valence-electron chi connectivity index (χ1n) is 7.68. The molecule has 6 nitrogen and oxygen atoms in total. The van der Waals surface area contributed by atoms with E-state index in [2.05, 4.69) is 5.32 Å². The molecule has 0 radical (unpaired) electrons. The Labute approximate surface area is 152 Å². The second-order valence-corrected chi connectivity index (χ2v) is 8.19. The molecule has 0 aliphatic heterocycles. The van der Waals surface area contributed by atoms with E-state index in [9.17, 15) is 13.2 Å². The van der Waals surface area contributed by atoms with Crippen LogP contribution in [0.5, 0.6) is 0 Å². The topological polar surface area (TPSA) is 83.1 Å². The maximum Gasteiger partial charge on any atom is 0.279 e. The van der Waals surface area contributed by atoms with E-state index in [0.717, 1.165) is 9.87 Å². The van der Waals surface area contributed by atoms with Crippen LogP contribution in [-0.4, -0.2) is 39.3 Å². The highest BCUT2D eigenvalue weighted by Gasteiger charge is 2.21. The molecule has 134 valence electrons. The molecule has 0 fully saturated rings. The summed E-state index contributed by atoms with van der Waals surface area (Å²) in [5.74, 6) is -0.216. The van der Waals surface area contributed by atoms with Gasteiger partial charge in [-0.25, -0.2) is 12.7 Å². The van der Waals surface area contributed by atoms with Crippen molar-refractivity contribution in [2.45, 2.75) is 11.4 Å². The van der Waals surface area contributed by atoms with Crippen molar-refractivity contribution in [3.63, 3.8) is 0 Å². The van der Waals surface area contributed by atoms with Crippen LogP contribution in [0.25, 0.3) is 0 Å². The van der Waals surface area contributed by atoms with Gasteiger partial charge in [0.1, 0.15) is 11.4 Å². The molecule has 0 bridgehead atoms. The molecule has 0 aliphatic carbocycles. The summed E-state index contributed by atoms with van der Waals surface area (Å²) in [4.78, 5) is 12.0. The van der Waals surface area contributed by atoms with Crippen LogP contribution in [0.3, 0.4) is 0 Å². The fraction of sp³-hybridized carbons (Fsp3) is 0.235. The van der Waals surface area contributed by atoms with E-state index in [-0.39, 0.29) is 22.4 Å². The zero-order chi connectivity index (χ0) is 18.4. The summed E-state index contributed by atoms with van der Waals surface area (Å²) in [5, 5.41) is 4.68. The van der Waals surface area contributed by atoms with Crippen molar-refractivity contribution < 1.29 is 18.5 Å². The summed E-state index contributed by atoms with van der Waals surface area (Å²) in [6, 6.07) is 14.2. The van der Waals surface area contributed by atoms with Crippen LogP contribution in [0.1, 0.15) is 5.56 Å². The minimum Gasteiger partial charge on any atom is -0.335 e. The summed E-state index contributed by atoms with van der Waals surface area (Å²) in [5.41, 5.74) is 1.52. The highest BCUT2D eigenvalue weighted by molar-refractivity contribution is 7.89. The van der Waals surface area contributed by atoms with E-state index in [1.54, 1.807) is 6.07 Å². The molecule has 0 atom stereocenters. The van der Waals surface area contributed by atoms with Crippen LogP contribution in [0, 0.1) is 0 Å². The van der Waals surface area contributed by atoms with Gasteiger partial charge in [0.2, 0.25) is 10.0 Å². The summed E-state index contributed by atoms with van der Waals surface area (Å²) < 4.78 is 25.6. The average Bonchev–Trinajstić information content (AvgIpc) is 2.57. The van der Waals surface area contributed by atoms with Gasteiger partial charge in [-0.3, -0.25) is 4.79 Å². The summed E-state index contributed by atoms with van der Waals surface area (Å²) in [6.07, 6.45) is 0. The number of quaternary nitrogens is 1. The maximum atomic E-state index is 12.2. The summed E-state index contributed by atoms with van der Waals surface area (Å²) in [6.45, 7) is 0.919. The Balaban J connectivity index is 1.99. The van der Waals surface area contributed by atoms with Gasteiger partial charge >= 0.3 is 0 Å². The van der Waals surface area contributed by atoms with E-state index in [1.165, 1.54) is 26.2 Å². The quantitative estimate of drug-likeness (QED) is 0.757. The minimum absolute atomic E-state index is 0.0368. The molecule has 0 heterocycles. The van der Waals surface area contributed by atoms with Crippen molar-refractivity contribution >= 4 is 33.2 Å². The lowest BCUT2D eigenvalue weighted by molar-refractivity contribution is -0.659. The second-order valence-electron chi connectivity index (χ2n) is 5.66. The van der Waals surface area contributed by atoms with Gasteiger partial charge in [0.15, 0.2) is 6.54 Å². The number of benzene rings is 2. The van der Waals surface area contributed by atoms with Gasteiger partial charge in [-0.1, -0.05) is 41.9 Å². The smallest absolute Gasteiger partial charge is 0.279 e. The van der Waals surface area contributed by atoms with Gasteiger partial charge < -0.3 is 10.6 Å².